The molecule has 1 fully saturated rings. The third-order valence-electron chi connectivity index (χ3n) is 4.99. The van der Waals surface area contributed by atoms with Gasteiger partial charge in [0.05, 0.1) is 17.9 Å². The smallest absolute Gasteiger partial charge is 0.405 e. The van der Waals surface area contributed by atoms with Gasteiger partial charge in [-0.25, -0.2) is 9.97 Å². The van der Waals surface area contributed by atoms with Gasteiger partial charge in [-0.3, -0.25) is 4.79 Å². The lowest BCUT2D eigenvalue weighted by Gasteiger charge is -2.33. The van der Waals surface area contributed by atoms with Crippen molar-refractivity contribution in [3.05, 3.63) is 53.1 Å². The molecule has 1 saturated heterocycles. The van der Waals surface area contributed by atoms with E-state index in [0.29, 0.717) is 45.0 Å². The van der Waals surface area contributed by atoms with Crippen LogP contribution in [0, 0.1) is 6.92 Å². The zero-order valence-corrected chi connectivity index (χ0v) is 16.9. The van der Waals surface area contributed by atoms with E-state index in [-0.39, 0.29) is 11.5 Å². The van der Waals surface area contributed by atoms with E-state index in [9.17, 15) is 18.0 Å². The number of para-hydroxylation sites is 1. The highest BCUT2D eigenvalue weighted by atomic mass is 19.4. The zero-order valence-electron chi connectivity index (χ0n) is 16.9. The number of carbonyl (C=O) groups is 1. The minimum Gasteiger partial charge on any atom is -0.405 e. The van der Waals surface area contributed by atoms with E-state index >= 15 is 0 Å². The average molecular weight is 423 g/mol. The minimum absolute atomic E-state index is 0.0943. The largest absolute Gasteiger partial charge is 0.573 e. The van der Waals surface area contributed by atoms with E-state index < -0.39 is 18.0 Å². The molecule has 1 aliphatic rings. The monoisotopic (exact) mass is 423 g/mol. The molecule has 162 valence electrons. The van der Waals surface area contributed by atoms with Crippen LogP contribution in [0.4, 0.5) is 13.2 Å². The van der Waals surface area contributed by atoms with Crippen molar-refractivity contribution in [2.24, 2.45) is 0 Å². The second-order valence-corrected chi connectivity index (χ2v) is 7.08. The van der Waals surface area contributed by atoms with Crippen LogP contribution in [0.25, 0.3) is 0 Å². The molecular weight excluding hydrogens is 399 g/mol. The second-order valence-electron chi connectivity index (χ2n) is 7.08. The number of benzene rings is 1. The third kappa shape index (κ3) is 5.47. The number of halogens is 3. The highest BCUT2D eigenvalue weighted by Gasteiger charge is 2.34. The summed E-state index contributed by atoms with van der Waals surface area (Å²) in [5, 5.41) is 0. The highest BCUT2D eigenvalue weighted by Crippen LogP contribution is 2.32. The topological polar surface area (TPSA) is 64.6 Å². The standard InChI is InChI=1S/C21H24F3N3O3/c1-3-29-13-16-12-25-14(2)26-19(16)15-8-10-27(11-9-15)20(28)17-6-4-5-7-18(17)30-21(22,23)24/h4-7,12,15H,3,8-11,13H2,1-2H3. The summed E-state index contributed by atoms with van der Waals surface area (Å²) < 4.78 is 47.5. The molecule has 0 radical (unpaired) electrons. The molecule has 1 aliphatic heterocycles. The van der Waals surface area contributed by atoms with E-state index in [1.807, 2.05) is 13.8 Å². The molecule has 0 spiro atoms. The van der Waals surface area contributed by atoms with Gasteiger partial charge in [-0.2, -0.15) is 0 Å². The van der Waals surface area contributed by atoms with E-state index in [1.165, 1.54) is 18.2 Å². The van der Waals surface area contributed by atoms with E-state index in [4.69, 9.17) is 4.74 Å². The van der Waals surface area contributed by atoms with Crippen molar-refractivity contribution in [1.82, 2.24) is 14.9 Å². The molecule has 30 heavy (non-hydrogen) atoms. The number of amides is 1. The molecule has 0 saturated carbocycles. The fourth-order valence-electron chi connectivity index (χ4n) is 3.57. The second kappa shape index (κ2) is 9.42. The fraction of sp³-hybridized carbons (Fsp3) is 0.476. The van der Waals surface area contributed by atoms with Gasteiger partial charge in [0, 0.05) is 37.4 Å². The number of piperidine rings is 1. The van der Waals surface area contributed by atoms with E-state index in [1.54, 1.807) is 11.1 Å². The molecule has 0 atom stereocenters. The first-order valence-corrected chi connectivity index (χ1v) is 9.82. The summed E-state index contributed by atoms with van der Waals surface area (Å²) in [6, 6.07) is 5.43. The maximum atomic E-state index is 12.8. The molecule has 1 aromatic carbocycles. The summed E-state index contributed by atoms with van der Waals surface area (Å²) >= 11 is 0. The Kier molecular flexibility index (Phi) is 6.91. The summed E-state index contributed by atoms with van der Waals surface area (Å²) in [4.78, 5) is 23.2. The molecule has 3 rings (SSSR count). The molecule has 1 amide bonds. The number of aromatic nitrogens is 2. The summed E-state index contributed by atoms with van der Waals surface area (Å²) in [5.74, 6) is -0.154. The van der Waals surface area contributed by atoms with Crippen molar-refractivity contribution in [3.63, 3.8) is 0 Å². The lowest BCUT2D eigenvalue weighted by molar-refractivity contribution is -0.274. The first kappa shape index (κ1) is 22.0. The number of hydrogen-bond acceptors (Lipinski definition) is 5. The molecule has 2 aromatic rings. The van der Waals surface area contributed by atoms with Crippen LogP contribution in [-0.4, -0.2) is 46.8 Å². The number of likely N-dealkylation sites (tertiary alicyclic amines) is 1. The zero-order chi connectivity index (χ0) is 21.7. The Morgan fingerprint density at radius 2 is 1.93 bits per heavy atom. The van der Waals surface area contributed by atoms with Crippen molar-refractivity contribution in [2.45, 2.75) is 45.6 Å². The predicted molar refractivity (Wildman–Crippen MR) is 103 cm³/mol. The molecule has 2 heterocycles. The summed E-state index contributed by atoms with van der Waals surface area (Å²) in [7, 11) is 0. The van der Waals surface area contributed by atoms with Crippen LogP contribution < -0.4 is 4.74 Å². The number of ether oxygens (including phenoxy) is 2. The Labute approximate surface area is 173 Å². The van der Waals surface area contributed by atoms with Crippen LogP contribution in [-0.2, 0) is 11.3 Å². The van der Waals surface area contributed by atoms with Crippen LogP contribution in [0.3, 0.4) is 0 Å². The van der Waals surface area contributed by atoms with Crippen molar-refractivity contribution in [2.75, 3.05) is 19.7 Å². The lowest BCUT2D eigenvalue weighted by atomic mass is 9.90. The fourth-order valence-corrected chi connectivity index (χ4v) is 3.57. The van der Waals surface area contributed by atoms with Gasteiger partial charge in [0.15, 0.2) is 0 Å². The van der Waals surface area contributed by atoms with E-state index in [2.05, 4.69) is 14.7 Å². The normalized spacial score (nSPS) is 15.3. The Morgan fingerprint density at radius 1 is 1.23 bits per heavy atom. The predicted octanol–water partition coefficient (Wildman–Crippen LogP) is 4.24. The molecule has 6 nitrogen and oxygen atoms in total. The van der Waals surface area contributed by atoms with Gasteiger partial charge in [-0.15, -0.1) is 13.2 Å². The van der Waals surface area contributed by atoms with Crippen molar-refractivity contribution < 1.29 is 27.4 Å². The van der Waals surface area contributed by atoms with Crippen LogP contribution in [0.1, 0.15) is 53.1 Å². The molecule has 0 bridgehead atoms. The van der Waals surface area contributed by atoms with Gasteiger partial charge in [0.25, 0.3) is 5.91 Å². The Hall–Kier alpha value is -2.68. The Balaban J connectivity index is 1.71. The van der Waals surface area contributed by atoms with Crippen molar-refractivity contribution >= 4 is 5.91 Å². The molecular formula is C21H24F3N3O3. The first-order valence-electron chi connectivity index (χ1n) is 9.82. The van der Waals surface area contributed by atoms with Crippen molar-refractivity contribution in [3.8, 4) is 5.75 Å². The van der Waals surface area contributed by atoms with Crippen LogP contribution in [0.15, 0.2) is 30.5 Å². The summed E-state index contributed by atoms with van der Waals surface area (Å²) in [6.45, 7) is 5.58. The van der Waals surface area contributed by atoms with Crippen LogP contribution in [0.2, 0.25) is 0 Å². The number of alkyl halides is 3. The van der Waals surface area contributed by atoms with Crippen LogP contribution >= 0.6 is 0 Å². The molecule has 0 aliphatic carbocycles. The minimum atomic E-state index is -4.86. The van der Waals surface area contributed by atoms with Gasteiger partial charge in [-0.1, -0.05) is 12.1 Å². The van der Waals surface area contributed by atoms with Gasteiger partial charge in [0.1, 0.15) is 11.6 Å². The third-order valence-corrected chi connectivity index (χ3v) is 4.99. The number of aryl methyl sites for hydroxylation is 1. The van der Waals surface area contributed by atoms with Crippen molar-refractivity contribution in [1.29, 1.82) is 0 Å². The SMILES string of the molecule is CCOCc1cnc(C)nc1C1CCN(C(=O)c2ccccc2OC(F)(F)F)CC1. The Morgan fingerprint density at radius 3 is 2.60 bits per heavy atom. The average Bonchev–Trinajstić information content (AvgIpc) is 2.72. The summed E-state index contributed by atoms with van der Waals surface area (Å²) in [5.41, 5.74) is 1.75. The molecule has 9 heteroatoms. The quantitative estimate of drug-likeness (QED) is 0.696. The molecule has 1 aromatic heterocycles. The van der Waals surface area contributed by atoms with Gasteiger partial charge in [-0.05, 0) is 38.8 Å². The number of carbonyl (C=O) groups excluding carboxylic acids is 1. The van der Waals surface area contributed by atoms with E-state index in [0.717, 1.165) is 17.3 Å². The maximum Gasteiger partial charge on any atom is 0.573 e. The number of rotatable bonds is 6. The van der Waals surface area contributed by atoms with Gasteiger partial charge >= 0.3 is 6.36 Å². The molecule has 0 unspecified atom stereocenters. The lowest BCUT2D eigenvalue weighted by Crippen LogP contribution is -2.38. The Bertz CT molecular complexity index is 881. The van der Waals surface area contributed by atoms with Gasteiger partial charge < -0.3 is 14.4 Å². The number of nitrogens with zero attached hydrogens (tertiary/aromatic N) is 3. The van der Waals surface area contributed by atoms with Crippen LogP contribution in [0.5, 0.6) is 5.75 Å². The highest BCUT2D eigenvalue weighted by molar-refractivity contribution is 5.97. The first-order chi connectivity index (χ1) is 14.3. The number of hydrogen-bond donors (Lipinski definition) is 0. The summed E-state index contributed by atoms with van der Waals surface area (Å²) in [6.07, 6.45) is -1.77. The van der Waals surface area contributed by atoms with Gasteiger partial charge in [0.2, 0.25) is 0 Å². The molecule has 0 N–H and O–H groups in total. The maximum absolute atomic E-state index is 12.8.